The van der Waals surface area contributed by atoms with Crippen LogP contribution in [0.3, 0.4) is 0 Å². The molecule has 0 aromatic rings. The van der Waals surface area contributed by atoms with Gasteiger partial charge in [0.2, 0.25) is 5.91 Å². The van der Waals surface area contributed by atoms with Gasteiger partial charge in [-0.05, 0) is 19.8 Å². The molecule has 20 heavy (non-hydrogen) atoms. The zero-order valence-corrected chi connectivity index (χ0v) is 14.2. The van der Waals surface area contributed by atoms with Gasteiger partial charge in [0.1, 0.15) is 0 Å². The summed E-state index contributed by atoms with van der Waals surface area (Å²) >= 11 is 0. The van der Waals surface area contributed by atoms with Crippen molar-refractivity contribution in [3.63, 3.8) is 0 Å². The molecule has 1 saturated heterocycles. The van der Waals surface area contributed by atoms with Crippen molar-refractivity contribution in [3.8, 4) is 0 Å². The number of halogens is 2. The van der Waals surface area contributed by atoms with E-state index < -0.39 is 0 Å². The number of hydrogen-bond donors (Lipinski definition) is 1. The van der Waals surface area contributed by atoms with Crippen molar-refractivity contribution in [3.05, 3.63) is 0 Å². The lowest BCUT2D eigenvalue weighted by Crippen LogP contribution is -2.53. The maximum absolute atomic E-state index is 12.2. The first kappa shape index (κ1) is 20.0. The standard InChI is InChI=1S/C14H27N3O.2ClH/c1-11(12(2)15)14(18)17-9-7-16(8-10-17)13-5-3-4-6-13;;/h11-13H,3-10,15H2,1-2H3;2*1H. The summed E-state index contributed by atoms with van der Waals surface area (Å²) in [5.41, 5.74) is 5.81. The third-order valence-corrected chi connectivity index (χ3v) is 4.65. The summed E-state index contributed by atoms with van der Waals surface area (Å²) in [5, 5.41) is 0. The Kier molecular flexibility index (Phi) is 9.07. The highest BCUT2D eigenvalue weighted by molar-refractivity contribution is 5.85. The minimum atomic E-state index is -0.0527. The van der Waals surface area contributed by atoms with Gasteiger partial charge in [0.15, 0.2) is 0 Å². The lowest BCUT2D eigenvalue weighted by molar-refractivity contribution is -0.137. The van der Waals surface area contributed by atoms with Gasteiger partial charge in [0, 0.05) is 38.3 Å². The molecule has 6 heteroatoms. The van der Waals surface area contributed by atoms with Gasteiger partial charge in [-0.2, -0.15) is 0 Å². The second kappa shape index (κ2) is 9.08. The molecule has 2 N–H and O–H groups in total. The number of carbonyl (C=O) groups excluding carboxylic acids is 1. The highest BCUT2D eigenvalue weighted by Gasteiger charge is 2.30. The molecule has 0 aromatic heterocycles. The van der Waals surface area contributed by atoms with Gasteiger partial charge < -0.3 is 10.6 Å². The van der Waals surface area contributed by atoms with E-state index in [2.05, 4.69) is 4.90 Å². The summed E-state index contributed by atoms with van der Waals surface area (Å²) in [7, 11) is 0. The number of piperazine rings is 1. The third-order valence-electron chi connectivity index (χ3n) is 4.65. The number of rotatable bonds is 3. The Balaban J connectivity index is 0.00000180. The second-order valence-corrected chi connectivity index (χ2v) is 5.95. The highest BCUT2D eigenvalue weighted by Crippen LogP contribution is 2.24. The summed E-state index contributed by atoms with van der Waals surface area (Å²) < 4.78 is 0. The van der Waals surface area contributed by atoms with Crippen molar-refractivity contribution in [2.45, 2.75) is 51.6 Å². The van der Waals surface area contributed by atoms with Crippen LogP contribution in [0.5, 0.6) is 0 Å². The molecule has 1 aliphatic carbocycles. The van der Waals surface area contributed by atoms with Crippen molar-refractivity contribution in [1.82, 2.24) is 9.80 Å². The maximum atomic E-state index is 12.2. The smallest absolute Gasteiger partial charge is 0.227 e. The maximum Gasteiger partial charge on any atom is 0.227 e. The Morgan fingerprint density at radius 2 is 1.55 bits per heavy atom. The average Bonchev–Trinajstić information content (AvgIpc) is 2.91. The van der Waals surface area contributed by atoms with Crippen LogP contribution in [0.15, 0.2) is 0 Å². The van der Waals surface area contributed by atoms with Crippen LogP contribution >= 0.6 is 24.8 Å². The Labute approximate surface area is 135 Å². The quantitative estimate of drug-likeness (QED) is 0.862. The normalized spacial score (nSPS) is 23.6. The Morgan fingerprint density at radius 1 is 1.05 bits per heavy atom. The van der Waals surface area contributed by atoms with Crippen LogP contribution < -0.4 is 5.73 Å². The second-order valence-electron chi connectivity index (χ2n) is 5.95. The molecule has 2 atom stereocenters. The number of carbonyl (C=O) groups is 1. The van der Waals surface area contributed by atoms with Crippen LogP contribution in [0.1, 0.15) is 39.5 Å². The van der Waals surface area contributed by atoms with Crippen molar-refractivity contribution >= 4 is 30.7 Å². The first-order valence-corrected chi connectivity index (χ1v) is 7.38. The van der Waals surface area contributed by atoms with E-state index in [1.165, 1.54) is 25.7 Å². The van der Waals surface area contributed by atoms with Crippen LogP contribution in [0.2, 0.25) is 0 Å². The molecule has 2 aliphatic rings. The molecular weight excluding hydrogens is 297 g/mol. The van der Waals surface area contributed by atoms with Crippen LogP contribution in [0, 0.1) is 5.92 Å². The van der Waals surface area contributed by atoms with Crippen molar-refractivity contribution in [2.24, 2.45) is 11.7 Å². The molecule has 120 valence electrons. The van der Waals surface area contributed by atoms with E-state index in [1.807, 2.05) is 18.7 Å². The van der Waals surface area contributed by atoms with Gasteiger partial charge in [-0.15, -0.1) is 24.8 Å². The molecule has 2 fully saturated rings. The molecule has 4 nitrogen and oxygen atoms in total. The van der Waals surface area contributed by atoms with Crippen LogP contribution in [-0.4, -0.2) is 54.0 Å². The summed E-state index contributed by atoms with van der Waals surface area (Å²) in [4.78, 5) is 16.8. The number of nitrogens with two attached hydrogens (primary N) is 1. The predicted octanol–water partition coefficient (Wildman–Crippen LogP) is 1.90. The number of hydrogen-bond acceptors (Lipinski definition) is 3. The number of amides is 1. The van der Waals surface area contributed by atoms with Crippen LogP contribution in [-0.2, 0) is 4.79 Å². The van der Waals surface area contributed by atoms with Gasteiger partial charge >= 0.3 is 0 Å². The van der Waals surface area contributed by atoms with E-state index in [-0.39, 0.29) is 42.7 Å². The van der Waals surface area contributed by atoms with Gasteiger partial charge in [0.05, 0.1) is 5.92 Å². The molecule has 1 heterocycles. The molecule has 1 amide bonds. The lowest BCUT2D eigenvalue weighted by Gasteiger charge is -2.39. The molecule has 1 aliphatic heterocycles. The lowest BCUT2D eigenvalue weighted by atomic mass is 10.0. The largest absolute Gasteiger partial charge is 0.340 e. The van der Waals surface area contributed by atoms with E-state index in [1.54, 1.807) is 0 Å². The van der Waals surface area contributed by atoms with Gasteiger partial charge in [0.25, 0.3) is 0 Å². The van der Waals surface area contributed by atoms with E-state index >= 15 is 0 Å². The Morgan fingerprint density at radius 3 is 2.00 bits per heavy atom. The molecule has 1 saturated carbocycles. The van der Waals surface area contributed by atoms with E-state index in [0.29, 0.717) is 0 Å². The molecule has 0 aromatic carbocycles. The zero-order chi connectivity index (χ0) is 13.1. The average molecular weight is 326 g/mol. The van der Waals surface area contributed by atoms with E-state index in [0.717, 1.165) is 32.2 Å². The summed E-state index contributed by atoms with van der Waals surface area (Å²) in [6.07, 6.45) is 5.46. The molecule has 2 unspecified atom stereocenters. The van der Waals surface area contributed by atoms with Crippen molar-refractivity contribution in [1.29, 1.82) is 0 Å². The van der Waals surface area contributed by atoms with Crippen molar-refractivity contribution < 1.29 is 4.79 Å². The first-order chi connectivity index (χ1) is 8.59. The highest BCUT2D eigenvalue weighted by atomic mass is 35.5. The molecule has 0 radical (unpaired) electrons. The molecule has 0 bridgehead atoms. The topological polar surface area (TPSA) is 49.6 Å². The fourth-order valence-electron chi connectivity index (χ4n) is 3.09. The molecule has 0 spiro atoms. The third kappa shape index (κ3) is 4.76. The van der Waals surface area contributed by atoms with E-state index in [9.17, 15) is 4.79 Å². The van der Waals surface area contributed by atoms with Crippen LogP contribution in [0.4, 0.5) is 0 Å². The number of nitrogens with zero attached hydrogens (tertiary/aromatic N) is 2. The van der Waals surface area contributed by atoms with E-state index in [4.69, 9.17) is 5.73 Å². The predicted molar refractivity (Wildman–Crippen MR) is 87.7 cm³/mol. The minimum Gasteiger partial charge on any atom is -0.340 e. The minimum absolute atomic E-state index is 0. The Bertz CT molecular complexity index is 288. The zero-order valence-electron chi connectivity index (χ0n) is 12.6. The fourth-order valence-corrected chi connectivity index (χ4v) is 3.09. The SMILES string of the molecule is CC(N)C(C)C(=O)N1CCN(C2CCCC2)CC1.Cl.Cl. The van der Waals surface area contributed by atoms with Crippen molar-refractivity contribution in [2.75, 3.05) is 26.2 Å². The summed E-state index contributed by atoms with van der Waals surface area (Å²) in [5.74, 6) is 0.180. The summed E-state index contributed by atoms with van der Waals surface area (Å²) in [6, 6.07) is 0.735. The fraction of sp³-hybridized carbons (Fsp3) is 0.929. The van der Waals surface area contributed by atoms with Crippen LogP contribution in [0.25, 0.3) is 0 Å². The van der Waals surface area contributed by atoms with Gasteiger partial charge in [-0.25, -0.2) is 0 Å². The van der Waals surface area contributed by atoms with Gasteiger partial charge in [-0.1, -0.05) is 19.8 Å². The van der Waals surface area contributed by atoms with Gasteiger partial charge in [-0.3, -0.25) is 9.69 Å². The molecule has 2 rings (SSSR count). The Hall–Kier alpha value is -0.0300. The molecular formula is C14H29Cl2N3O. The first-order valence-electron chi connectivity index (χ1n) is 7.38. The monoisotopic (exact) mass is 325 g/mol. The summed E-state index contributed by atoms with van der Waals surface area (Å²) in [6.45, 7) is 7.70.